The first kappa shape index (κ1) is 16.0. The summed E-state index contributed by atoms with van der Waals surface area (Å²) >= 11 is 0. The number of imide groups is 1. The van der Waals surface area contributed by atoms with Gasteiger partial charge in [-0.1, -0.05) is 12.2 Å². The predicted octanol–water partition coefficient (Wildman–Crippen LogP) is 0.663. The average Bonchev–Trinajstić information content (AvgIpc) is 3.14. The lowest BCUT2D eigenvalue weighted by Gasteiger charge is -2.23. The fraction of sp³-hybridized carbons (Fsp3) is 0.706. The van der Waals surface area contributed by atoms with E-state index in [1.54, 1.807) is 0 Å². The third-order valence-corrected chi connectivity index (χ3v) is 5.15. The molecule has 2 aliphatic carbocycles. The highest BCUT2D eigenvalue weighted by molar-refractivity contribution is 6.06. The van der Waals surface area contributed by atoms with Crippen LogP contribution >= 0.6 is 0 Å². The van der Waals surface area contributed by atoms with E-state index in [4.69, 9.17) is 0 Å². The highest BCUT2D eigenvalue weighted by Crippen LogP contribution is 2.52. The molecule has 2 bridgehead atoms. The quantitative estimate of drug-likeness (QED) is 0.251. The number of hydrogen-bond acceptors (Lipinski definition) is 3. The number of allylic oxidation sites excluding steroid dienone is 2. The molecule has 1 heterocycles. The van der Waals surface area contributed by atoms with Crippen molar-refractivity contribution in [2.24, 2.45) is 28.7 Å². The fourth-order valence-corrected chi connectivity index (χ4v) is 4.28. The van der Waals surface area contributed by atoms with Gasteiger partial charge in [0.15, 0.2) is 5.96 Å². The number of carbonyl (C=O) groups is 2. The second kappa shape index (κ2) is 5.98. The molecule has 1 saturated carbocycles. The van der Waals surface area contributed by atoms with E-state index in [0.29, 0.717) is 31.3 Å². The van der Waals surface area contributed by atoms with E-state index in [1.807, 2.05) is 38.0 Å². The van der Waals surface area contributed by atoms with Crippen LogP contribution in [0.15, 0.2) is 17.1 Å². The minimum Gasteiger partial charge on any atom is -0.349 e. The van der Waals surface area contributed by atoms with Crippen molar-refractivity contribution in [3.8, 4) is 0 Å². The molecule has 0 aromatic rings. The molecule has 1 aliphatic heterocycles. The van der Waals surface area contributed by atoms with Gasteiger partial charge < -0.3 is 9.80 Å². The van der Waals surface area contributed by atoms with E-state index in [9.17, 15) is 9.59 Å². The minimum absolute atomic E-state index is 0.0428. The Labute approximate surface area is 137 Å². The van der Waals surface area contributed by atoms with Gasteiger partial charge in [0, 0.05) is 41.3 Å². The molecule has 0 radical (unpaired) electrons. The summed E-state index contributed by atoms with van der Waals surface area (Å²) in [7, 11) is 7.82. The van der Waals surface area contributed by atoms with Crippen LogP contribution in [-0.2, 0) is 9.59 Å². The molecular formula is C17H26N4O2. The van der Waals surface area contributed by atoms with Gasteiger partial charge in [0.1, 0.15) is 0 Å². The Hall–Kier alpha value is -1.85. The van der Waals surface area contributed by atoms with Gasteiger partial charge in [0.05, 0.1) is 11.8 Å². The van der Waals surface area contributed by atoms with Gasteiger partial charge in [-0.25, -0.2) is 0 Å². The average molecular weight is 318 g/mol. The van der Waals surface area contributed by atoms with Crippen molar-refractivity contribution in [3.63, 3.8) is 0 Å². The molecule has 2 fully saturated rings. The van der Waals surface area contributed by atoms with Crippen molar-refractivity contribution < 1.29 is 9.59 Å². The van der Waals surface area contributed by atoms with Crippen molar-refractivity contribution in [1.29, 1.82) is 0 Å². The number of likely N-dealkylation sites (tertiary alicyclic amines) is 1. The summed E-state index contributed by atoms with van der Waals surface area (Å²) in [6.07, 6.45) is 5.96. The zero-order chi connectivity index (χ0) is 16.7. The first-order valence-corrected chi connectivity index (χ1v) is 8.34. The highest BCUT2D eigenvalue weighted by atomic mass is 16.2. The standard InChI is InChI=1S/C17H26N4O2/c1-19(2)17(20(3)4)18-8-5-9-21-15(22)13-11-6-7-12(10-11)14(13)16(21)23/h6-7,11-14H,5,8-10H2,1-4H3. The first-order valence-electron chi connectivity index (χ1n) is 8.34. The van der Waals surface area contributed by atoms with Gasteiger partial charge in [-0.3, -0.25) is 19.5 Å². The summed E-state index contributed by atoms with van der Waals surface area (Å²) in [6.45, 7) is 1.10. The Bertz CT molecular complexity index is 527. The second-order valence-corrected chi connectivity index (χ2v) is 7.15. The largest absolute Gasteiger partial charge is 0.349 e. The van der Waals surface area contributed by atoms with Crippen molar-refractivity contribution >= 4 is 17.8 Å². The Balaban J connectivity index is 1.57. The molecule has 0 aromatic carbocycles. The van der Waals surface area contributed by atoms with E-state index < -0.39 is 0 Å². The number of rotatable bonds is 4. The Morgan fingerprint density at radius 2 is 1.61 bits per heavy atom. The van der Waals surface area contributed by atoms with E-state index >= 15 is 0 Å². The van der Waals surface area contributed by atoms with Crippen LogP contribution < -0.4 is 0 Å². The smallest absolute Gasteiger partial charge is 0.233 e. The monoisotopic (exact) mass is 318 g/mol. The summed E-state index contributed by atoms with van der Waals surface area (Å²) in [5.41, 5.74) is 0. The van der Waals surface area contributed by atoms with Gasteiger partial charge in [-0.05, 0) is 24.7 Å². The zero-order valence-corrected chi connectivity index (χ0v) is 14.4. The van der Waals surface area contributed by atoms with Gasteiger partial charge in [0.25, 0.3) is 0 Å². The molecule has 3 aliphatic rings. The van der Waals surface area contributed by atoms with Crippen LogP contribution in [-0.4, -0.2) is 73.8 Å². The van der Waals surface area contributed by atoms with Crippen LogP contribution in [0, 0.1) is 23.7 Å². The highest BCUT2D eigenvalue weighted by Gasteiger charge is 2.58. The topological polar surface area (TPSA) is 56.2 Å². The van der Waals surface area contributed by atoms with Gasteiger partial charge >= 0.3 is 0 Å². The van der Waals surface area contributed by atoms with E-state index in [2.05, 4.69) is 17.1 Å². The third kappa shape index (κ3) is 2.64. The molecule has 0 N–H and O–H groups in total. The molecule has 4 atom stereocenters. The Kier molecular flexibility index (Phi) is 4.17. The fourth-order valence-electron chi connectivity index (χ4n) is 4.28. The molecule has 3 rings (SSSR count). The molecule has 126 valence electrons. The van der Waals surface area contributed by atoms with Gasteiger partial charge in [-0.2, -0.15) is 0 Å². The van der Waals surface area contributed by atoms with E-state index in [0.717, 1.165) is 12.4 Å². The van der Waals surface area contributed by atoms with Crippen molar-refractivity contribution in [1.82, 2.24) is 14.7 Å². The van der Waals surface area contributed by atoms with Gasteiger partial charge in [0.2, 0.25) is 11.8 Å². The molecule has 23 heavy (non-hydrogen) atoms. The predicted molar refractivity (Wildman–Crippen MR) is 88.7 cm³/mol. The number of guanidine groups is 1. The Morgan fingerprint density at radius 1 is 1.09 bits per heavy atom. The maximum Gasteiger partial charge on any atom is 0.233 e. The van der Waals surface area contributed by atoms with Crippen molar-refractivity contribution in [2.45, 2.75) is 12.8 Å². The van der Waals surface area contributed by atoms with Crippen molar-refractivity contribution in [2.75, 3.05) is 41.3 Å². The number of fused-ring (bicyclic) bond motifs is 5. The van der Waals surface area contributed by atoms with Crippen LogP contribution in [0.4, 0.5) is 0 Å². The van der Waals surface area contributed by atoms with Crippen LogP contribution in [0.5, 0.6) is 0 Å². The number of amides is 2. The van der Waals surface area contributed by atoms with Crippen LogP contribution in [0.25, 0.3) is 0 Å². The SMILES string of the molecule is CN(C)C(=NCCCN1C(=O)C2C3C=CC(C3)C2C1=O)N(C)C. The number of nitrogens with zero attached hydrogens (tertiary/aromatic N) is 4. The second-order valence-electron chi connectivity index (χ2n) is 7.15. The maximum absolute atomic E-state index is 12.6. The summed E-state index contributed by atoms with van der Waals surface area (Å²) < 4.78 is 0. The minimum atomic E-state index is -0.0832. The number of aliphatic imine (C=N–C) groups is 1. The lowest BCUT2D eigenvalue weighted by Crippen LogP contribution is -2.36. The zero-order valence-electron chi connectivity index (χ0n) is 14.4. The lowest BCUT2D eigenvalue weighted by molar-refractivity contribution is -0.140. The third-order valence-electron chi connectivity index (χ3n) is 5.15. The number of hydrogen-bond donors (Lipinski definition) is 0. The van der Waals surface area contributed by atoms with E-state index in [-0.39, 0.29) is 23.7 Å². The normalized spacial score (nSPS) is 30.9. The molecular weight excluding hydrogens is 292 g/mol. The Morgan fingerprint density at radius 3 is 2.09 bits per heavy atom. The molecule has 6 nitrogen and oxygen atoms in total. The summed E-state index contributed by atoms with van der Waals surface area (Å²) in [5.74, 6) is 1.39. The van der Waals surface area contributed by atoms with Gasteiger partial charge in [-0.15, -0.1) is 0 Å². The summed E-state index contributed by atoms with van der Waals surface area (Å²) in [6, 6.07) is 0. The molecule has 0 spiro atoms. The van der Waals surface area contributed by atoms with Crippen LogP contribution in [0.1, 0.15) is 12.8 Å². The number of carbonyl (C=O) groups excluding carboxylic acids is 2. The lowest BCUT2D eigenvalue weighted by atomic mass is 9.85. The molecule has 2 amide bonds. The van der Waals surface area contributed by atoms with Crippen molar-refractivity contribution in [3.05, 3.63) is 12.2 Å². The first-order chi connectivity index (χ1) is 10.9. The molecule has 4 unspecified atom stereocenters. The molecule has 1 saturated heterocycles. The maximum atomic E-state index is 12.6. The summed E-state index contributed by atoms with van der Waals surface area (Å²) in [4.78, 5) is 35.1. The molecule has 6 heteroatoms. The molecule has 0 aromatic heterocycles. The van der Waals surface area contributed by atoms with E-state index in [1.165, 1.54) is 4.90 Å². The van der Waals surface area contributed by atoms with Crippen LogP contribution in [0.2, 0.25) is 0 Å². The van der Waals surface area contributed by atoms with Crippen LogP contribution in [0.3, 0.4) is 0 Å². The summed E-state index contributed by atoms with van der Waals surface area (Å²) in [5, 5.41) is 0.